The number of hydrogen-bond donors (Lipinski definition) is 6. The van der Waals surface area contributed by atoms with Crippen LogP contribution in [0.1, 0.15) is 32.3 Å². The molecule has 11 heteroatoms. The molecule has 0 fully saturated rings. The van der Waals surface area contributed by atoms with Gasteiger partial charge in [-0.2, -0.15) is 0 Å². The Hall–Kier alpha value is -3.47. The van der Waals surface area contributed by atoms with Gasteiger partial charge in [0.15, 0.2) is 0 Å². The first-order valence-corrected chi connectivity index (χ1v) is 9.73. The second kappa shape index (κ2) is 12.3. The number of carboxylic acids is 1. The Labute approximate surface area is 179 Å². The highest BCUT2D eigenvalue weighted by Crippen LogP contribution is 2.04. The summed E-state index contributed by atoms with van der Waals surface area (Å²) in [5.41, 5.74) is 11.9. The maximum Gasteiger partial charge on any atom is 0.325 e. The lowest BCUT2D eigenvalue weighted by Gasteiger charge is -2.23. The molecule has 8 N–H and O–H groups in total. The number of carbonyl (C=O) groups excluding carboxylic acids is 4. The van der Waals surface area contributed by atoms with Crippen molar-refractivity contribution in [3.63, 3.8) is 0 Å². The van der Waals surface area contributed by atoms with Gasteiger partial charge in [0.1, 0.15) is 18.1 Å². The summed E-state index contributed by atoms with van der Waals surface area (Å²) in [6.07, 6.45) is -0.0313. The summed E-state index contributed by atoms with van der Waals surface area (Å²) in [5.74, 6) is -3.95. The molecule has 0 aliphatic carbocycles. The zero-order valence-electron chi connectivity index (χ0n) is 17.5. The van der Waals surface area contributed by atoms with Crippen LogP contribution in [-0.4, -0.2) is 58.9 Å². The van der Waals surface area contributed by atoms with Crippen LogP contribution in [-0.2, 0) is 30.4 Å². The zero-order valence-corrected chi connectivity index (χ0v) is 17.5. The number of rotatable bonds is 12. The van der Waals surface area contributed by atoms with Crippen LogP contribution < -0.4 is 27.4 Å². The fourth-order valence-electron chi connectivity index (χ4n) is 2.57. The van der Waals surface area contributed by atoms with Crippen LogP contribution in [0.4, 0.5) is 0 Å². The standard InChI is InChI=1S/C20H29N5O6/c1-11(17(27)24-12(2)20(30)31)23-19(29)15(8-9-16(22)26)25-18(28)14(21)10-13-6-4-3-5-7-13/h3-7,11-12,14-15H,8-10,21H2,1-2H3,(H2,22,26)(H,23,29)(H,24,27)(H,25,28)(H,30,31). The maximum absolute atomic E-state index is 12.6. The van der Waals surface area contributed by atoms with Gasteiger partial charge in [-0.3, -0.25) is 24.0 Å². The third-order valence-electron chi connectivity index (χ3n) is 4.43. The fraction of sp³-hybridized carbons (Fsp3) is 0.450. The third-order valence-corrected chi connectivity index (χ3v) is 4.43. The van der Waals surface area contributed by atoms with Gasteiger partial charge in [-0.05, 0) is 32.3 Å². The molecule has 0 bridgehead atoms. The lowest BCUT2D eigenvalue weighted by atomic mass is 10.0. The molecule has 0 saturated heterocycles. The average molecular weight is 435 g/mol. The topological polar surface area (TPSA) is 194 Å². The molecular formula is C20H29N5O6. The molecule has 0 heterocycles. The number of amides is 4. The van der Waals surface area contributed by atoms with Gasteiger partial charge in [-0.25, -0.2) is 0 Å². The lowest BCUT2D eigenvalue weighted by Crippen LogP contribution is -2.56. The minimum atomic E-state index is -1.23. The van der Waals surface area contributed by atoms with Crippen LogP contribution in [0.3, 0.4) is 0 Å². The Morgan fingerprint density at radius 1 is 0.903 bits per heavy atom. The highest BCUT2D eigenvalue weighted by Gasteiger charge is 2.27. The van der Waals surface area contributed by atoms with Gasteiger partial charge >= 0.3 is 5.97 Å². The number of nitrogens with one attached hydrogen (secondary N) is 3. The highest BCUT2D eigenvalue weighted by atomic mass is 16.4. The van der Waals surface area contributed by atoms with E-state index in [4.69, 9.17) is 16.6 Å². The van der Waals surface area contributed by atoms with E-state index in [1.807, 2.05) is 18.2 Å². The van der Waals surface area contributed by atoms with Gasteiger partial charge in [0.25, 0.3) is 0 Å². The average Bonchev–Trinajstić information content (AvgIpc) is 2.70. The second-order valence-electron chi connectivity index (χ2n) is 7.16. The van der Waals surface area contributed by atoms with Crippen molar-refractivity contribution in [1.29, 1.82) is 0 Å². The molecule has 0 spiro atoms. The van der Waals surface area contributed by atoms with Crippen molar-refractivity contribution in [2.24, 2.45) is 11.5 Å². The minimum Gasteiger partial charge on any atom is -0.480 e. The number of aliphatic carboxylic acids is 1. The number of hydrogen-bond acceptors (Lipinski definition) is 6. The summed E-state index contributed by atoms with van der Waals surface area (Å²) >= 11 is 0. The first kappa shape index (κ1) is 25.6. The predicted molar refractivity (Wildman–Crippen MR) is 111 cm³/mol. The summed E-state index contributed by atoms with van der Waals surface area (Å²) < 4.78 is 0. The number of nitrogens with two attached hydrogens (primary N) is 2. The van der Waals surface area contributed by atoms with E-state index in [2.05, 4.69) is 16.0 Å². The molecule has 0 aliphatic heterocycles. The second-order valence-corrected chi connectivity index (χ2v) is 7.16. The van der Waals surface area contributed by atoms with E-state index in [1.54, 1.807) is 12.1 Å². The molecule has 0 aliphatic rings. The largest absolute Gasteiger partial charge is 0.480 e. The van der Waals surface area contributed by atoms with E-state index in [-0.39, 0.29) is 19.3 Å². The Bertz CT molecular complexity index is 801. The van der Waals surface area contributed by atoms with Crippen LogP contribution in [0.15, 0.2) is 30.3 Å². The summed E-state index contributed by atoms with van der Waals surface area (Å²) in [4.78, 5) is 59.1. The van der Waals surface area contributed by atoms with Crippen LogP contribution in [0, 0.1) is 0 Å². The van der Waals surface area contributed by atoms with E-state index >= 15 is 0 Å². The lowest BCUT2D eigenvalue weighted by molar-refractivity contribution is -0.141. The fourth-order valence-corrected chi connectivity index (χ4v) is 2.57. The first-order valence-electron chi connectivity index (χ1n) is 9.73. The van der Waals surface area contributed by atoms with Crippen molar-refractivity contribution in [3.8, 4) is 0 Å². The first-order chi connectivity index (χ1) is 14.5. The van der Waals surface area contributed by atoms with Gasteiger partial charge < -0.3 is 32.5 Å². The van der Waals surface area contributed by atoms with Crippen molar-refractivity contribution in [2.75, 3.05) is 0 Å². The molecule has 1 aromatic carbocycles. The Balaban J connectivity index is 2.76. The Kier molecular flexibility index (Phi) is 10.1. The van der Waals surface area contributed by atoms with E-state index in [0.717, 1.165) is 5.56 Å². The molecule has 31 heavy (non-hydrogen) atoms. The van der Waals surface area contributed by atoms with Crippen LogP contribution in [0.25, 0.3) is 0 Å². The third kappa shape index (κ3) is 9.26. The van der Waals surface area contributed by atoms with Gasteiger partial charge in [-0.15, -0.1) is 0 Å². The number of primary amides is 1. The summed E-state index contributed by atoms with van der Waals surface area (Å²) in [6.45, 7) is 2.63. The van der Waals surface area contributed by atoms with Crippen molar-refractivity contribution in [1.82, 2.24) is 16.0 Å². The molecule has 0 saturated carbocycles. The molecular weight excluding hydrogens is 406 g/mol. The molecule has 4 atom stereocenters. The molecule has 1 aromatic rings. The Morgan fingerprint density at radius 3 is 2.03 bits per heavy atom. The highest BCUT2D eigenvalue weighted by molar-refractivity contribution is 5.94. The van der Waals surface area contributed by atoms with Crippen LogP contribution >= 0.6 is 0 Å². The van der Waals surface area contributed by atoms with Gasteiger partial charge in [0, 0.05) is 6.42 Å². The molecule has 4 unspecified atom stereocenters. The summed E-state index contributed by atoms with van der Waals surface area (Å²) in [7, 11) is 0. The van der Waals surface area contributed by atoms with Crippen LogP contribution in [0.5, 0.6) is 0 Å². The van der Waals surface area contributed by atoms with Crippen LogP contribution in [0.2, 0.25) is 0 Å². The van der Waals surface area contributed by atoms with Gasteiger partial charge in [0.05, 0.1) is 6.04 Å². The SMILES string of the molecule is CC(NC(=O)C(C)NC(=O)C(CCC(N)=O)NC(=O)C(N)Cc1ccccc1)C(=O)O. The molecule has 1 rings (SSSR count). The van der Waals surface area contributed by atoms with E-state index in [9.17, 15) is 24.0 Å². The minimum absolute atomic E-state index is 0.0924. The molecule has 11 nitrogen and oxygen atoms in total. The molecule has 170 valence electrons. The van der Waals surface area contributed by atoms with Crippen molar-refractivity contribution < 1.29 is 29.1 Å². The monoisotopic (exact) mass is 435 g/mol. The van der Waals surface area contributed by atoms with Crippen molar-refractivity contribution in [3.05, 3.63) is 35.9 Å². The quantitative estimate of drug-likeness (QED) is 0.227. The predicted octanol–water partition coefficient (Wildman–Crippen LogP) is -1.60. The van der Waals surface area contributed by atoms with E-state index in [0.29, 0.717) is 0 Å². The van der Waals surface area contributed by atoms with Gasteiger partial charge in [0.2, 0.25) is 23.6 Å². The van der Waals surface area contributed by atoms with Crippen molar-refractivity contribution in [2.45, 2.75) is 57.3 Å². The maximum atomic E-state index is 12.6. The van der Waals surface area contributed by atoms with Crippen molar-refractivity contribution >= 4 is 29.6 Å². The smallest absolute Gasteiger partial charge is 0.325 e. The molecule has 0 aromatic heterocycles. The molecule has 0 radical (unpaired) electrons. The van der Waals surface area contributed by atoms with Gasteiger partial charge in [-0.1, -0.05) is 30.3 Å². The number of carboxylic acid groups (broad SMARTS) is 1. The Morgan fingerprint density at radius 2 is 1.48 bits per heavy atom. The number of benzene rings is 1. The van der Waals surface area contributed by atoms with E-state index < -0.39 is 53.8 Å². The summed E-state index contributed by atoms with van der Waals surface area (Å²) in [5, 5.41) is 16.0. The molecule has 4 amide bonds. The summed E-state index contributed by atoms with van der Waals surface area (Å²) in [6, 6.07) is 4.73. The van der Waals surface area contributed by atoms with E-state index in [1.165, 1.54) is 13.8 Å². The number of carbonyl (C=O) groups is 5. The zero-order chi connectivity index (χ0) is 23.6. The normalized spacial score (nSPS) is 14.4.